The first kappa shape index (κ1) is 11.1. The van der Waals surface area contributed by atoms with Gasteiger partial charge in [-0.3, -0.25) is 0 Å². The van der Waals surface area contributed by atoms with Crippen LogP contribution in [0.2, 0.25) is 0 Å². The van der Waals surface area contributed by atoms with E-state index in [2.05, 4.69) is 0 Å². The molecule has 2 atom stereocenters. The number of ether oxygens (including phenoxy) is 2. The van der Waals surface area contributed by atoms with Crippen molar-refractivity contribution < 1.29 is 14.3 Å². The van der Waals surface area contributed by atoms with Gasteiger partial charge in [-0.25, -0.2) is 0 Å². The van der Waals surface area contributed by atoms with E-state index in [1.54, 1.807) is 7.11 Å². The summed E-state index contributed by atoms with van der Waals surface area (Å²) in [5.41, 5.74) is 1.13. The Morgan fingerprint density at radius 2 is 2.12 bits per heavy atom. The number of carbonyl (C=O) groups is 1. The molecule has 0 heterocycles. The molecular weight excluding hydrogens is 204 g/mol. The lowest BCUT2D eigenvalue weighted by Gasteiger charge is -2.04. The molecule has 0 aliphatic heterocycles. The van der Waals surface area contributed by atoms with Gasteiger partial charge >= 0.3 is 0 Å². The molecule has 3 heteroatoms. The Hall–Kier alpha value is -1.35. The Morgan fingerprint density at radius 1 is 1.38 bits per heavy atom. The number of methoxy groups -OCH3 is 1. The van der Waals surface area contributed by atoms with E-state index in [-0.39, 0.29) is 5.92 Å². The van der Waals surface area contributed by atoms with Gasteiger partial charge in [-0.05, 0) is 30.0 Å². The van der Waals surface area contributed by atoms with Gasteiger partial charge in [0.25, 0.3) is 0 Å². The summed E-state index contributed by atoms with van der Waals surface area (Å²) in [5, 5.41) is 0. The van der Waals surface area contributed by atoms with E-state index in [1.165, 1.54) is 0 Å². The lowest BCUT2D eigenvalue weighted by Crippen LogP contribution is -1.99. The van der Waals surface area contributed by atoms with Crippen molar-refractivity contribution in [3.63, 3.8) is 0 Å². The number of aldehydes is 1. The second-order valence-electron chi connectivity index (χ2n) is 4.16. The molecule has 0 unspecified atom stereocenters. The van der Waals surface area contributed by atoms with Crippen molar-refractivity contribution in [2.75, 3.05) is 13.7 Å². The SMILES string of the molecule is COc1ccc(COC[C@H]2C[C@H]2C=O)cc1. The third-order valence-corrected chi connectivity index (χ3v) is 2.91. The average Bonchev–Trinajstić information content (AvgIpc) is 3.09. The van der Waals surface area contributed by atoms with Crippen molar-refractivity contribution in [3.05, 3.63) is 29.8 Å². The minimum Gasteiger partial charge on any atom is -0.497 e. The monoisotopic (exact) mass is 220 g/mol. The van der Waals surface area contributed by atoms with Crippen LogP contribution in [0.4, 0.5) is 0 Å². The number of rotatable bonds is 6. The van der Waals surface area contributed by atoms with Gasteiger partial charge in [-0.15, -0.1) is 0 Å². The highest BCUT2D eigenvalue weighted by Gasteiger charge is 2.36. The summed E-state index contributed by atoms with van der Waals surface area (Å²) in [6.07, 6.45) is 2.02. The molecule has 1 fully saturated rings. The fraction of sp³-hybridized carbons (Fsp3) is 0.462. The van der Waals surface area contributed by atoms with E-state index >= 15 is 0 Å². The van der Waals surface area contributed by atoms with Crippen molar-refractivity contribution in [3.8, 4) is 5.75 Å². The molecule has 0 radical (unpaired) electrons. The summed E-state index contributed by atoms with van der Waals surface area (Å²) in [7, 11) is 1.65. The normalized spacial score (nSPS) is 22.8. The third-order valence-electron chi connectivity index (χ3n) is 2.91. The van der Waals surface area contributed by atoms with Crippen LogP contribution in [0.15, 0.2) is 24.3 Å². The van der Waals surface area contributed by atoms with Gasteiger partial charge in [-0.2, -0.15) is 0 Å². The third kappa shape index (κ3) is 2.83. The lowest BCUT2D eigenvalue weighted by atomic mass is 10.2. The molecule has 1 aromatic carbocycles. The van der Waals surface area contributed by atoms with Gasteiger partial charge in [0.2, 0.25) is 0 Å². The zero-order valence-corrected chi connectivity index (χ0v) is 9.39. The molecule has 3 nitrogen and oxygen atoms in total. The Bertz CT molecular complexity index is 345. The molecule has 0 saturated heterocycles. The molecule has 0 bridgehead atoms. The van der Waals surface area contributed by atoms with Crippen LogP contribution in [0.5, 0.6) is 5.75 Å². The van der Waals surface area contributed by atoms with Crippen molar-refractivity contribution in [2.45, 2.75) is 13.0 Å². The van der Waals surface area contributed by atoms with Crippen LogP contribution in [0.3, 0.4) is 0 Å². The standard InChI is InChI=1S/C13H16O3/c1-15-13-4-2-10(3-5-13)8-16-9-12-6-11(12)7-14/h2-5,7,11-12H,6,8-9H2,1H3/t11-,12+/m0/s1. The highest BCUT2D eigenvalue weighted by Crippen LogP contribution is 2.36. The van der Waals surface area contributed by atoms with Crippen molar-refractivity contribution in [2.24, 2.45) is 11.8 Å². The zero-order valence-electron chi connectivity index (χ0n) is 9.39. The first-order valence-electron chi connectivity index (χ1n) is 5.49. The van der Waals surface area contributed by atoms with Crippen LogP contribution in [0, 0.1) is 11.8 Å². The van der Waals surface area contributed by atoms with Crippen LogP contribution in [-0.4, -0.2) is 20.0 Å². The summed E-state index contributed by atoms with van der Waals surface area (Å²) < 4.78 is 10.6. The molecule has 0 spiro atoms. The number of hydrogen-bond acceptors (Lipinski definition) is 3. The van der Waals surface area contributed by atoms with Gasteiger partial charge in [-0.1, -0.05) is 12.1 Å². The van der Waals surface area contributed by atoms with Gasteiger partial charge in [0.1, 0.15) is 12.0 Å². The minimum absolute atomic E-state index is 0.246. The lowest BCUT2D eigenvalue weighted by molar-refractivity contribution is -0.109. The minimum atomic E-state index is 0.246. The Balaban J connectivity index is 1.71. The Kier molecular flexibility index (Phi) is 3.57. The molecule has 0 N–H and O–H groups in total. The summed E-state index contributed by atoms with van der Waals surface area (Å²) in [6, 6.07) is 7.82. The van der Waals surface area contributed by atoms with Gasteiger partial charge in [0, 0.05) is 5.92 Å². The smallest absolute Gasteiger partial charge is 0.123 e. The molecular formula is C13H16O3. The number of benzene rings is 1. The molecule has 2 rings (SSSR count). The molecule has 1 saturated carbocycles. The summed E-state index contributed by atoms with van der Waals surface area (Å²) in [4.78, 5) is 10.4. The molecule has 16 heavy (non-hydrogen) atoms. The van der Waals surface area contributed by atoms with Crippen molar-refractivity contribution in [1.82, 2.24) is 0 Å². The highest BCUT2D eigenvalue weighted by atomic mass is 16.5. The van der Waals surface area contributed by atoms with Crippen molar-refractivity contribution >= 4 is 6.29 Å². The van der Waals surface area contributed by atoms with E-state index < -0.39 is 0 Å². The van der Waals surface area contributed by atoms with Crippen LogP contribution in [0.25, 0.3) is 0 Å². The van der Waals surface area contributed by atoms with Crippen LogP contribution < -0.4 is 4.74 Å². The maximum atomic E-state index is 10.4. The summed E-state index contributed by atoms with van der Waals surface area (Å²) in [5.74, 6) is 1.55. The topological polar surface area (TPSA) is 35.5 Å². The maximum Gasteiger partial charge on any atom is 0.123 e. The van der Waals surface area contributed by atoms with Gasteiger partial charge < -0.3 is 14.3 Å². The molecule has 1 aromatic rings. The van der Waals surface area contributed by atoms with E-state index in [9.17, 15) is 4.79 Å². The van der Waals surface area contributed by atoms with E-state index in [0.29, 0.717) is 19.1 Å². The number of hydrogen-bond donors (Lipinski definition) is 0. The van der Waals surface area contributed by atoms with E-state index in [1.807, 2.05) is 24.3 Å². The second-order valence-corrected chi connectivity index (χ2v) is 4.16. The Labute approximate surface area is 95.4 Å². The van der Waals surface area contributed by atoms with Gasteiger partial charge in [0.15, 0.2) is 0 Å². The Morgan fingerprint density at radius 3 is 2.69 bits per heavy atom. The highest BCUT2D eigenvalue weighted by molar-refractivity contribution is 5.58. The fourth-order valence-corrected chi connectivity index (χ4v) is 1.68. The predicted molar refractivity (Wildman–Crippen MR) is 60.3 cm³/mol. The summed E-state index contributed by atoms with van der Waals surface area (Å²) in [6.45, 7) is 1.29. The predicted octanol–water partition coefficient (Wildman–Crippen LogP) is 2.05. The first-order chi connectivity index (χ1) is 7.83. The maximum absolute atomic E-state index is 10.4. The first-order valence-corrected chi connectivity index (χ1v) is 5.49. The average molecular weight is 220 g/mol. The summed E-state index contributed by atoms with van der Waals surface area (Å²) >= 11 is 0. The molecule has 0 aromatic heterocycles. The van der Waals surface area contributed by atoms with Crippen LogP contribution in [-0.2, 0) is 16.1 Å². The van der Waals surface area contributed by atoms with E-state index in [0.717, 1.165) is 24.0 Å². The van der Waals surface area contributed by atoms with Crippen LogP contribution in [0.1, 0.15) is 12.0 Å². The fourth-order valence-electron chi connectivity index (χ4n) is 1.68. The molecule has 86 valence electrons. The zero-order chi connectivity index (χ0) is 11.4. The molecule has 1 aliphatic rings. The quantitative estimate of drug-likeness (QED) is 0.688. The number of carbonyl (C=O) groups excluding carboxylic acids is 1. The largest absolute Gasteiger partial charge is 0.497 e. The van der Waals surface area contributed by atoms with Crippen molar-refractivity contribution in [1.29, 1.82) is 0 Å². The van der Waals surface area contributed by atoms with E-state index in [4.69, 9.17) is 9.47 Å². The van der Waals surface area contributed by atoms with Gasteiger partial charge in [0.05, 0.1) is 20.3 Å². The second kappa shape index (κ2) is 5.12. The van der Waals surface area contributed by atoms with Crippen LogP contribution >= 0.6 is 0 Å². The molecule has 0 amide bonds. The molecule has 1 aliphatic carbocycles.